The van der Waals surface area contributed by atoms with Crippen LogP contribution in [0.25, 0.3) is 0 Å². The van der Waals surface area contributed by atoms with Gasteiger partial charge in [0, 0.05) is 4.47 Å². The molecule has 3 nitrogen and oxygen atoms in total. The summed E-state index contributed by atoms with van der Waals surface area (Å²) in [7, 11) is -3.92. The van der Waals surface area contributed by atoms with E-state index in [-0.39, 0.29) is 4.90 Å². The van der Waals surface area contributed by atoms with Crippen molar-refractivity contribution in [2.75, 3.05) is 4.72 Å². The van der Waals surface area contributed by atoms with Crippen LogP contribution in [0.4, 0.5) is 10.1 Å². The number of para-hydroxylation sites is 1. The Balaban J connectivity index is 2.40. The van der Waals surface area contributed by atoms with Crippen LogP contribution in [0.2, 0.25) is 0 Å². The highest BCUT2D eigenvalue weighted by Crippen LogP contribution is 2.25. The highest BCUT2D eigenvalue weighted by Gasteiger charge is 2.19. The van der Waals surface area contributed by atoms with Gasteiger partial charge < -0.3 is 0 Å². The minimum Gasteiger partial charge on any atom is -0.278 e. The lowest BCUT2D eigenvalue weighted by Crippen LogP contribution is -2.14. The van der Waals surface area contributed by atoms with Crippen LogP contribution in [0.3, 0.4) is 0 Å². The number of halogens is 2. The molecule has 0 heterocycles. The molecule has 0 unspecified atom stereocenters. The van der Waals surface area contributed by atoms with E-state index in [1.807, 2.05) is 0 Å². The Morgan fingerprint density at radius 2 is 1.61 bits per heavy atom. The zero-order valence-corrected chi connectivity index (χ0v) is 11.5. The Morgan fingerprint density at radius 1 is 1.00 bits per heavy atom. The number of hydrogen-bond acceptors (Lipinski definition) is 2. The molecule has 2 aromatic rings. The maximum atomic E-state index is 13.5. The van der Waals surface area contributed by atoms with Gasteiger partial charge in [-0.1, -0.05) is 24.3 Å². The molecule has 2 rings (SSSR count). The monoisotopic (exact) mass is 329 g/mol. The molecule has 0 fully saturated rings. The van der Waals surface area contributed by atoms with E-state index in [9.17, 15) is 12.8 Å². The average Bonchev–Trinajstić information content (AvgIpc) is 2.32. The largest absolute Gasteiger partial charge is 0.278 e. The van der Waals surface area contributed by atoms with Crippen molar-refractivity contribution in [2.45, 2.75) is 4.90 Å². The molecule has 0 atom stereocenters. The third-order valence-electron chi connectivity index (χ3n) is 2.24. The van der Waals surface area contributed by atoms with Crippen LogP contribution in [-0.2, 0) is 10.0 Å². The summed E-state index contributed by atoms with van der Waals surface area (Å²) >= 11 is 3.22. The first-order valence-electron chi connectivity index (χ1n) is 5.02. The zero-order valence-electron chi connectivity index (χ0n) is 9.10. The zero-order chi connectivity index (χ0) is 13.2. The molecule has 94 valence electrons. The average molecular weight is 330 g/mol. The van der Waals surface area contributed by atoms with Crippen molar-refractivity contribution < 1.29 is 12.8 Å². The van der Waals surface area contributed by atoms with E-state index in [1.54, 1.807) is 24.3 Å². The lowest BCUT2D eigenvalue weighted by molar-refractivity contribution is 0.570. The fraction of sp³-hybridized carbons (Fsp3) is 0. The Kier molecular flexibility index (Phi) is 3.68. The van der Waals surface area contributed by atoms with Gasteiger partial charge in [-0.15, -0.1) is 0 Å². The highest BCUT2D eigenvalue weighted by molar-refractivity contribution is 9.10. The van der Waals surface area contributed by atoms with E-state index >= 15 is 0 Å². The van der Waals surface area contributed by atoms with Crippen molar-refractivity contribution in [3.63, 3.8) is 0 Å². The van der Waals surface area contributed by atoms with Gasteiger partial charge >= 0.3 is 0 Å². The molecule has 0 aliphatic rings. The van der Waals surface area contributed by atoms with E-state index in [1.165, 1.54) is 18.2 Å². The number of benzene rings is 2. The molecule has 0 aliphatic carbocycles. The summed E-state index contributed by atoms with van der Waals surface area (Å²) in [5.41, 5.74) is 0.362. The third-order valence-corrected chi connectivity index (χ3v) is 4.33. The van der Waals surface area contributed by atoms with Crippen molar-refractivity contribution >= 4 is 31.6 Å². The molecular formula is C12H9BrFNO2S. The van der Waals surface area contributed by atoms with Crippen LogP contribution >= 0.6 is 15.9 Å². The molecule has 0 aromatic heterocycles. The fourth-order valence-electron chi connectivity index (χ4n) is 1.41. The van der Waals surface area contributed by atoms with Gasteiger partial charge in [-0.3, -0.25) is 4.72 Å². The van der Waals surface area contributed by atoms with Gasteiger partial charge in [-0.25, -0.2) is 12.8 Å². The van der Waals surface area contributed by atoms with Crippen molar-refractivity contribution in [2.24, 2.45) is 0 Å². The molecule has 6 heteroatoms. The second-order valence-corrected chi connectivity index (χ2v) is 6.02. The van der Waals surface area contributed by atoms with Gasteiger partial charge in [-0.05, 0) is 40.2 Å². The maximum absolute atomic E-state index is 13.5. The predicted octanol–water partition coefficient (Wildman–Crippen LogP) is 3.39. The van der Waals surface area contributed by atoms with Gasteiger partial charge in [0.05, 0.1) is 5.69 Å². The topological polar surface area (TPSA) is 46.2 Å². The third kappa shape index (κ3) is 2.70. The van der Waals surface area contributed by atoms with Gasteiger partial charge in [0.15, 0.2) is 0 Å². The van der Waals surface area contributed by atoms with Crippen molar-refractivity contribution in [3.05, 3.63) is 58.8 Å². The van der Waals surface area contributed by atoms with Gasteiger partial charge in [0.25, 0.3) is 10.0 Å². The van der Waals surface area contributed by atoms with Crippen LogP contribution in [0, 0.1) is 5.82 Å². The van der Waals surface area contributed by atoms with Crippen molar-refractivity contribution in [3.8, 4) is 0 Å². The van der Waals surface area contributed by atoms with Crippen LogP contribution in [0.5, 0.6) is 0 Å². The molecule has 0 spiro atoms. The summed E-state index contributed by atoms with van der Waals surface area (Å²) in [5.74, 6) is -0.781. The second kappa shape index (κ2) is 5.07. The van der Waals surface area contributed by atoms with Crippen LogP contribution in [0.1, 0.15) is 0 Å². The van der Waals surface area contributed by atoms with E-state index in [0.29, 0.717) is 10.2 Å². The Hall–Kier alpha value is -1.40. The van der Waals surface area contributed by atoms with E-state index in [2.05, 4.69) is 20.7 Å². The molecule has 0 bridgehead atoms. The Labute approximate surface area is 113 Å². The first kappa shape index (κ1) is 13.0. The standard InChI is InChI=1S/C12H9BrFNO2S/c13-9-5-1-3-7-11(9)15-18(16,17)12-8-4-2-6-10(12)14/h1-8,15H. The fourth-order valence-corrected chi connectivity index (χ4v) is 3.08. The Morgan fingerprint density at radius 3 is 2.28 bits per heavy atom. The summed E-state index contributed by atoms with van der Waals surface area (Å²) in [5, 5.41) is 0. The first-order chi connectivity index (χ1) is 8.50. The summed E-state index contributed by atoms with van der Waals surface area (Å²) in [4.78, 5) is -0.374. The molecule has 0 amide bonds. The molecule has 0 saturated heterocycles. The molecule has 0 saturated carbocycles. The molecule has 1 N–H and O–H groups in total. The summed E-state index contributed by atoms with van der Waals surface area (Å²) < 4.78 is 40.4. The normalized spacial score (nSPS) is 11.2. The van der Waals surface area contributed by atoms with Gasteiger partial charge in [0.2, 0.25) is 0 Å². The quantitative estimate of drug-likeness (QED) is 0.938. The second-order valence-electron chi connectivity index (χ2n) is 3.52. The van der Waals surface area contributed by atoms with Crippen LogP contribution < -0.4 is 4.72 Å². The molecular weight excluding hydrogens is 321 g/mol. The number of anilines is 1. The van der Waals surface area contributed by atoms with E-state index < -0.39 is 15.8 Å². The minimum atomic E-state index is -3.92. The molecule has 0 radical (unpaired) electrons. The maximum Gasteiger partial charge on any atom is 0.264 e. The van der Waals surface area contributed by atoms with Gasteiger partial charge in [-0.2, -0.15) is 0 Å². The van der Waals surface area contributed by atoms with Crippen LogP contribution in [0.15, 0.2) is 57.9 Å². The van der Waals surface area contributed by atoms with E-state index in [0.717, 1.165) is 6.07 Å². The number of rotatable bonds is 3. The van der Waals surface area contributed by atoms with Crippen molar-refractivity contribution in [1.29, 1.82) is 0 Å². The predicted molar refractivity (Wildman–Crippen MR) is 71.4 cm³/mol. The summed E-state index contributed by atoms with van der Waals surface area (Å²) in [6.07, 6.45) is 0. The molecule has 18 heavy (non-hydrogen) atoms. The number of sulfonamides is 1. The lowest BCUT2D eigenvalue weighted by Gasteiger charge is -2.09. The van der Waals surface area contributed by atoms with E-state index in [4.69, 9.17) is 0 Å². The summed E-state index contributed by atoms with van der Waals surface area (Å²) in [6.45, 7) is 0. The highest BCUT2D eigenvalue weighted by atomic mass is 79.9. The van der Waals surface area contributed by atoms with Gasteiger partial charge in [0.1, 0.15) is 10.7 Å². The SMILES string of the molecule is O=S(=O)(Nc1ccccc1Br)c1ccccc1F. The Bertz CT molecular complexity index is 673. The minimum absolute atomic E-state index is 0.362. The van der Waals surface area contributed by atoms with Crippen molar-refractivity contribution in [1.82, 2.24) is 0 Å². The molecule has 0 aliphatic heterocycles. The molecule has 2 aromatic carbocycles. The smallest absolute Gasteiger partial charge is 0.264 e. The van der Waals surface area contributed by atoms with Crippen LogP contribution in [-0.4, -0.2) is 8.42 Å². The number of nitrogens with one attached hydrogen (secondary N) is 1. The first-order valence-corrected chi connectivity index (χ1v) is 7.30. The lowest BCUT2D eigenvalue weighted by atomic mass is 10.3. The summed E-state index contributed by atoms with van der Waals surface area (Å²) in [6, 6.07) is 11.9. The number of hydrogen-bond donors (Lipinski definition) is 1.